The molecular formula is C16H15LiO. The molecule has 0 saturated carbocycles. The average molecular weight is 230 g/mol. The number of rotatable bonds is 1. The van der Waals surface area contributed by atoms with E-state index >= 15 is 0 Å². The summed E-state index contributed by atoms with van der Waals surface area (Å²) in [5.41, 5.74) is 2.15. The van der Waals surface area contributed by atoms with Crippen LogP contribution in [0.1, 0.15) is 31.2 Å². The first-order valence-corrected chi connectivity index (χ1v) is 6.23. The van der Waals surface area contributed by atoms with Gasteiger partial charge in [0, 0.05) is 0 Å². The van der Waals surface area contributed by atoms with Crippen LogP contribution in [0, 0.1) is 0 Å². The molecule has 0 bridgehead atoms. The molecule has 0 amide bonds. The molecule has 2 aromatic rings. The second kappa shape index (κ2) is 5.65. The fourth-order valence-corrected chi connectivity index (χ4v) is 2.56. The summed E-state index contributed by atoms with van der Waals surface area (Å²) in [6, 6.07) is 14.6. The molecule has 0 atom stereocenters. The Morgan fingerprint density at radius 1 is 0.833 bits per heavy atom. The van der Waals surface area contributed by atoms with Crippen LogP contribution >= 0.6 is 0 Å². The molecule has 0 heterocycles. The number of hydrogen-bond acceptors (Lipinski definition) is 1. The smallest absolute Gasteiger partial charge is 0.875 e. The molecule has 0 aliphatic heterocycles. The summed E-state index contributed by atoms with van der Waals surface area (Å²) in [7, 11) is 0. The van der Waals surface area contributed by atoms with Gasteiger partial charge in [-0.1, -0.05) is 48.4 Å². The molecular weight excluding hydrogens is 215 g/mol. The minimum absolute atomic E-state index is 0. The topological polar surface area (TPSA) is 23.1 Å². The molecule has 0 fully saturated rings. The van der Waals surface area contributed by atoms with Gasteiger partial charge in [-0.15, -0.1) is 5.76 Å². The fourth-order valence-electron chi connectivity index (χ4n) is 2.56. The van der Waals surface area contributed by atoms with Crippen molar-refractivity contribution in [3.63, 3.8) is 0 Å². The van der Waals surface area contributed by atoms with E-state index in [-0.39, 0.29) is 18.9 Å². The van der Waals surface area contributed by atoms with E-state index in [9.17, 15) is 5.11 Å². The van der Waals surface area contributed by atoms with Crippen LogP contribution < -0.4 is 24.0 Å². The second-order valence-corrected chi connectivity index (χ2v) is 4.67. The standard InChI is InChI=1S/C16H16O.Li/c17-16-8-4-3-7-15(16)14-10-9-12-5-1-2-6-13(12)11-14;/h1-2,5-6,9-11,17H,3-4,7-8H2;/q;+1/p-1. The van der Waals surface area contributed by atoms with Gasteiger partial charge < -0.3 is 5.11 Å². The minimum Gasteiger partial charge on any atom is -0.875 e. The van der Waals surface area contributed by atoms with Gasteiger partial charge in [0.2, 0.25) is 0 Å². The predicted molar refractivity (Wildman–Crippen MR) is 69.3 cm³/mol. The quantitative estimate of drug-likeness (QED) is 0.654. The van der Waals surface area contributed by atoms with Gasteiger partial charge in [-0.2, -0.15) is 0 Å². The Morgan fingerprint density at radius 2 is 1.56 bits per heavy atom. The zero-order valence-electron chi connectivity index (χ0n) is 10.8. The van der Waals surface area contributed by atoms with E-state index < -0.39 is 0 Å². The third-order valence-corrected chi connectivity index (χ3v) is 3.52. The summed E-state index contributed by atoms with van der Waals surface area (Å²) in [5.74, 6) is 0.339. The molecule has 18 heavy (non-hydrogen) atoms. The SMILES string of the molecule is [Li+].[O-]C1=C(c2ccc3ccccc3c2)CCCC1. The van der Waals surface area contributed by atoms with Crippen LogP contribution in [0.15, 0.2) is 48.2 Å². The van der Waals surface area contributed by atoms with Gasteiger partial charge in [0.15, 0.2) is 0 Å². The number of allylic oxidation sites excluding steroid dienone is 2. The van der Waals surface area contributed by atoms with Crippen LogP contribution in [0.3, 0.4) is 0 Å². The third-order valence-electron chi connectivity index (χ3n) is 3.52. The van der Waals surface area contributed by atoms with E-state index in [2.05, 4.69) is 30.3 Å². The Morgan fingerprint density at radius 3 is 2.33 bits per heavy atom. The summed E-state index contributed by atoms with van der Waals surface area (Å²) in [6.45, 7) is 0. The number of benzene rings is 2. The Hall–Kier alpha value is -1.16. The van der Waals surface area contributed by atoms with E-state index in [4.69, 9.17) is 0 Å². The van der Waals surface area contributed by atoms with E-state index in [1.54, 1.807) is 0 Å². The molecule has 1 nitrogen and oxygen atoms in total. The maximum Gasteiger partial charge on any atom is 1.00 e. The predicted octanol–water partition coefficient (Wildman–Crippen LogP) is 0.489. The maximum atomic E-state index is 11.9. The van der Waals surface area contributed by atoms with Gasteiger partial charge in [0.1, 0.15) is 0 Å². The first-order valence-electron chi connectivity index (χ1n) is 6.23. The zero-order valence-corrected chi connectivity index (χ0v) is 10.8. The van der Waals surface area contributed by atoms with E-state index in [1.165, 1.54) is 10.8 Å². The van der Waals surface area contributed by atoms with Crippen molar-refractivity contribution in [3.05, 3.63) is 53.8 Å². The van der Waals surface area contributed by atoms with E-state index in [0.29, 0.717) is 5.76 Å². The Kier molecular flexibility index (Phi) is 4.17. The van der Waals surface area contributed by atoms with Crippen molar-refractivity contribution in [3.8, 4) is 0 Å². The van der Waals surface area contributed by atoms with Gasteiger partial charge in [-0.3, -0.25) is 0 Å². The fraction of sp³-hybridized carbons (Fsp3) is 0.250. The molecule has 0 N–H and O–H groups in total. The zero-order chi connectivity index (χ0) is 11.7. The molecule has 0 aromatic heterocycles. The summed E-state index contributed by atoms with van der Waals surface area (Å²) in [6.07, 6.45) is 3.86. The van der Waals surface area contributed by atoms with E-state index in [1.807, 2.05) is 12.1 Å². The van der Waals surface area contributed by atoms with Crippen LogP contribution in [0.25, 0.3) is 16.3 Å². The van der Waals surface area contributed by atoms with Crippen molar-refractivity contribution in [2.24, 2.45) is 0 Å². The normalized spacial score (nSPS) is 15.6. The van der Waals surface area contributed by atoms with Gasteiger partial charge in [-0.05, 0) is 41.7 Å². The van der Waals surface area contributed by atoms with Gasteiger partial charge in [0.25, 0.3) is 0 Å². The molecule has 0 unspecified atom stereocenters. The van der Waals surface area contributed by atoms with Crippen molar-refractivity contribution in [1.82, 2.24) is 0 Å². The van der Waals surface area contributed by atoms with Crippen LogP contribution in [-0.4, -0.2) is 0 Å². The largest absolute Gasteiger partial charge is 1.00 e. The Bertz CT molecular complexity index is 586. The van der Waals surface area contributed by atoms with Gasteiger partial charge in [0.05, 0.1) is 0 Å². The first-order chi connectivity index (χ1) is 8.34. The average Bonchev–Trinajstić information content (AvgIpc) is 2.39. The summed E-state index contributed by atoms with van der Waals surface area (Å²) < 4.78 is 0. The first kappa shape index (κ1) is 13.3. The van der Waals surface area contributed by atoms with Crippen molar-refractivity contribution < 1.29 is 24.0 Å². The monoisotopic (exact) mass is 230 g/mol. The molecule has 3 rings (SSSR count). The summed E-state index contributed by atoms with van der Waals surface area (Å²) in [5, 5.41) is 14.3. The summed E-state index contributed by atoms with van der Waals surface area (Å²) >= 11 is 0. The van der Waals surface area contributed by atoms with Crippen LogP contribution in [0.4, 0.5) is 0 Å². The molecule has 0 radical (unpaired) electrons. The Balaban J connectivity index is 0.00000120. The van der Waals surface area contributed by atoms with Crippen LogP contribution in [0.5, 0.6) is 0 Å². The molecule has 2 heteroatoms. The summed E-state index contributed by atoms with van der Waals surface area (Å²) in [4.78, 5) is 0. The molecule has 1 aliphatic carbocycles. The minimum atomic E-state index is 0. The maximum absolute atomic E-state index is 11.9. The Labute approximate surface area is 120 Å². The van der Waals surface area contributed by atoms with Crippen molar-refractivity contribution >= 4 is 16.3 Å². The van der Waals surface area contributed by atoms with Crippen molar-refractivity contribution in [2.45, 2.75) is 25.7 Å². The van der Waals surface area contributed by atoms with Crippen molar-refractivity contribution in [2.75, 3.05) is 0 Å². The van der Waals surface area contributed by atoms with Crippen LogP contribution in [0.2, 0.25) is 0 Å². The third kappa shape index (κ3) is 2.48. The molecule has 1 aliphatic rings. The molecule has 0 saturated heterocycles. The van der Waals surface area contributed by atoms with Gasteiger partial charge >= 0.3 is 18.9 Å². The number of fused-ring (bicyclic) bond motifs is 1. The number of hydrogen-bond donors (Lipinski definition) is 0. The second-order valence-electron chi connectivity index (χ2n) is 4.67. The molecule has 86 valence electrons. The van der Waals surface area contributed by atoms with E-state index in [0.717, 1.165) is 36.8 Å². The van der Waals surface area contributed by atoms with Crippen molar-refractivity contribution in [1.29, 1.82) is 0 Å². The molecule has 2 aromatic carbocycles. The molecule has 0 spiro atoms. The van der Waals surface area contributed by atoms with Crippen LogP contribution in [-0.2, 0) is 0 Å². The van der Waals surface area contributed by atoms with Gasteiger partial charge in [-0.25, -0.2) is 0 Å².